The molecule has 4 heterocycles. The molecule has 0 aliphatic carbocycles. The van der Waals surface area contributed by atoms with Crippen LogP contribution in [-0.4, -0.2) is 78.7 Å². The van der Waals surface area contributed by atoms with Crippen LogP contribution in [0.3, 0.4) is 0 Å². The number of benzene rings is 1. The maximum absolute atomic E-state index is 13.4. The number of piperazine rings is 1. The number of rotatable bonds is 10. The summed E-state index contributed by atoms with van der Waals surface area (Å²) in [7, 11) is -3.86. The monoisotopic (exact) mass is 669 g/mol. The largest absolute Gasteiger partial charge is 0.416 e. The van der Waals surface area contributed by atoms with Crippen molar-refractivity contribution < 1.29 is 26.4 Å². The summed E-state index contributed by atoms with van der Waals surface area (Å²) in [6, 6.07) is 8.75. The van der Waals surface area contributed by atoms with E-state index in [2.05, 4.69) is 23.6 Å². The second kappa shape index (κ2) is 13.4. The molecule has 2 fully saturated rings. The highest BCUT2D eigenvalue weighted by Gasteiger charge is 2.39. The van der Waals surface area contributed by atoms with Gasteiger partial charge in [0.15, 0.2) is 5.78 Å². The molecule has 0 N–H and O–H groups in total. The van der Waals surface area contributed by atoms with Crippen LogP contribution >= 0.6 is 22.9 Å². The van der Waals surface area contributed by atoms with Gasteiger partial charge in [-0.1, -0.05) is 37.6 Å². The lowest BCUT2D eigenvalue weighted by Gasteiger charge is -2.35. The fourth-order valence-corrected chi connectivity index (χ4v) is 8.99. The third-order valence-corrected chi connectivity index (χ3v) is 11.5. The molecular weight excluding hydrogens is 635 g/mol. The maximum atomic E-state index is 13.4. The normalized spacial score (nSPS) is 18.8. The maximum Gasteiger partial charge on any atom is 0.416 e. The molecule has 1 aromatic carbocycles. The zero-order valence-electron chi connectivity index (χ0n) is 24.6. The summed E-state index contributed by atoms with van der Waals surface area (Å²) in [6.45, 7) is 8.66. The molecule has 1 atom stereocenters. The molecule has 2 aliphatic rings. The molecule has 0 radical (unpaired) electrons. The van der Waals surface area contributed by atoms with E-state index in [1.165, 1.54) is 28.6 Å². The van der Waals surface area contributed by atoms with Gasteiger partial charge in [-0.2, -0.15) is 17.5 Å². The molecule has 0 bridgehead atoms. The highest BCUT2D eigenvalue weighted by atomic mass is 35.5. The number of aromatic nitrogens is 2. The Morgan fingerprint density at radius 2 is 1.75 bits per heavy atom. The Bertz CT molecular complexity index is 1570. The summed E-state index contributed by atoms with van der Waals surface area (Å²) in [5.41, 5.74) is 0.801. The molecule has 14 heteroatoms. The van der Waals surface area contributed by atoms with Gasteiger partial charge in [-0.15, -0.1) is 11.3 Å². The van der Waals surface area contributed by atoms with Gasteiger partial charge in [-0.25, -0.2) is 18.4 Å². The first kappa shape index (κ1) is 32.8. The molecule has 2 saturated heterocycles. The van der Waals surface area contributed by atoms with Gasteiger partial charge in [0, 0.05) is 56.9 Å². The first-order valence-corrected chi connectivity index (χ1v) is 17.3. The average Bonchev–Trinajstić information content (AvgIpc) is 3.66. The number of Topliss-reactive ketones (excluding diaryl/α,β-unsaturated/α-hetero) is 1. The van der Waals surface area contributed by atoms with E-state index >= 15 is 0 Å². The Balaban J connectivity index is 1.36. The summed E-state index contributed by atoms with van der Waals surface area (Å²) >= 11 is 6.93. The summed E-state index contributed by atoms with van der Waals surface area (Å²) in [5.74, 6) is 0.805. The summed E-state index contributed by atoms with van der Waals surface area (Å²) in [4.78, 5) is 27.3. The Morgan fingerprint density at radius 3 is 2.36 bits per heavy atom. The van der Waals surface area contributed by atoms with Gasteiger partial charge >= 0.3 is 6.18 Å². The Labute approximate surface area is 264 Å². The van der Waals surface area contributed by atoms with Crippen LogP contribution in [-0.2, 0) is 27.4 Å². The first-order valence-electron chi connectivity index (χ1n) is 14.6. The van der Waals surface area contributed by atoms with Crippen molar-refractivity contribution in [1.29, 1.82) is 0 Å². The van der Waals surface area contributed by atoms with Crippen molar-refractivity contribution in [3.63, 3.8) is 0 Å². The van der Waals surface area contributed by atoms with Gasteiger partial charge in [0.25, 0.3) is 10.0 Å². The van der Waals surface area contributed by atoms with Gasteiger partial charge in [-0.3, -0.25) is 9.69 Å². The number of carbonyl (C=O) groups is 1. The molecule has 0 amide bonds. The van der Waals surface area contributed by atoms with Crippen molar-refractivity contribution in [1.82, 2.24) is 19.2 Å². The van der Waals surface area contributed by atoms with Crippen molar-refractivity contribution in [3.8, 4) is 11.3 Å². The minimum atomic E-state index is -4.45. The van der Waals surface area contributed by atoms with E-state index in [1.807, 2.05) is 0 Å². The lowest BCUT2D eigenvalue weighted by Crippen LogP contribution is -2.48. The molecule has 2 aromatic heterocycles. The molecule has 238 valence electrons. The Hall–Kier alpha value is -2.58. The predicted octanol–water partition coefficient (Wildman–Crippen LogP) is 6.01. The van der Waals surface area contributed by atoms with Crippen molar-refractivity contribution >= 4 is 44.7 Å². The van der Waals surface area contributed by atoms with Gasteiger partial charge < -0.3 is 4.90 Å². The number of sulfonamides is 1. The predicted molar refractivity (Wildman–Crippen MR) is 166 cm³/mol. The van der Waals surface area contributed by atoms with Gasteiger partial charge in [0.1, 0.15) is 4.21 Å². The molecule has 0 saturated carbocycles. The van der Waals surface area contributed by atoms with Crippen LogP contribution < -0.4 is 4.90 Å². The number of hydrogen-bond donors (Lipinski definition) is 0. The summed E-state index contributed by atoms with van der Waals surface area (Å²) in [5, 5.41) is 0. The van der Waals surface area contributed by atoms with Crippen LogP contribution in [0.4, 0.5) is 19.1 Å². The topological polar surface area (TPSA) is 86.7 Å². The van der Waals surface area contributed by atoms with Crippen LogP contribution in [0, 0.1) is 5.92 Å². The van der Waals surface area contributed by atoms with E-state index in [-0.39, 0.29) is 29.4 Å². The van der Waals surface area contributed by atoms with Crippen LogP contribution in [0.25, 0.3) is 11.3 Å². The minimum absolute atomic E-state index is 0.0625. The van der Waals surface area contributed by atoms with Gasteiger partial charge in [-0.05, 0) is 55.5 Å². The minimum Gasteiger partial charge on any atom is -0.338 e. The van der Waals surface area contributed by atoms with Crippen molar-refractivity contribution in [2.24, 2.45) is 5.92 Å². The smallest absolute Gasteiger partial charge is 0.338 e. The van der Waals surface area contributed by atoms with E-state index in [0.717, 1.165) is 43.1 Å². The van der Waals surface area contributed by atoms with E-state index in [1.54, 1.807) is 6.07 Å². The number of alkyl halides is 3. The Morgan fingerprint density at radius 1 is 1.05 bits per heavy atom. The molecule has 3 aromatic rings. The van der Waals surface area contributed by atoms with Crippen molar-refractivity contribution in [2.75, 3.05) is 44.2 Å². The SMILES string of the molecule is CC(C)CN1CCN(c2nc(CCC(=O)[C@@H]3CCCN3S(=O)(=O)c3ccc(Cl)s3)cc(-c3ccc(C(F)(F)F)cc3)n2)CC1. The van der Waals surface area contributed by atoms with E-state index in [4.69, 9.17) is 21.6 Å². The highest BCUT2D eigenvalue weighted by Crippen LogP contribution is 2.34. The third kappa shape index (κ3) is 7.61. The first-order chi connectivity index (χ1) is 20.8. The van der Waals surface area contributed by atoms with Crippen LogP contribution in [0.2, 0.25) is 4.34 Å². The lowest BCUT2D eigenvalue weighted by atomic mass is 10.0. The number of anilines is 1. The standard InChI is InChI=1S/C30H35ClF3N5O3S2/c1-20(2)19-37-14-16-38(17-15-37)29-35-23(18-24(36-29)21-5-7-22(8-6-21)30(32,33)34)9-10-26(40)25-4-3-13-39(25)44(41,42)28-12-11-27(31)43-28/h5-8,11-12,18,20,25H,3-4,9-10,13-17,19H2,1-2H3/t25-/m0/s1. The molecule has 8 nitrogen and oxygen atoms in total. The fourth-order valence-electron chi connectivity index (χ4n) is 5.70. The highest BCUT2D eigenvalue weighted by molar-refractivity contribution is 7.91. The lowest BCUT2D eigenvalue weighted by molar-refractivity contribution is -0.137. The van der Waals surface area contributed by atoms with Crippen LogP contribution in [0.5, 0.6) is 0 Å². The molecule has 2 aliphatic heterocycles. The fraction of sp³-hybridized carbons (Fsp3) is 0.500. The van der Waals surface area contributed by atoms with Crippen molar-refractivity contribution in [3.05, 3.63) is 58.1 Å². The third-order valence-electron chi connectivity index (χ3n) is 7.87. The van der Waals surface area contributed by atoms with Crippen LogP contribution in [0.15, 0.2) is 46.7 Å². The van der Waals surface area contributed by atoms with E-state index in [9.17, 15) is 26.4 Å². The van der Waals surface area contributed by atoms with Gasteiger partial charge in [0.05, 0.1) is 21.6 Å². The summed E-state index contributed by atoms with van der Waals surface area (Å²) in [6.07, 6.45) is -3.14. The van der Waals surface area contributed by atoms with Gasteiger partial charge in [0.2, 0.25) is 5.95 Å². The van der Waals surface area contributed by atoms with Crippen LogP contribution in [0.1, 0.15) is 44.4 Å². The molecule has 0 spiro atoms. The average molecular weight is 670 g/mol. The number of aryl methyl sites for hydroxylation is 1. The summed E-state index contributed by atoms with van der Waals surface area (Å²) < 4.78 is 67.8. The number of thiophene rings is 1. The number of nitrogens with zero attached hydrogens (tertiary/aromatic N) is 5. The molecule has 0 unspecified atom stereocenters. The second-order valence-electron chi connectivity index (χ2n) is 11.6. The van der Waals surface area contributed by atoms with E-state index in [0.29, 0.717) is 59.1 Å². The second-order valence-corrected chi connectivity index (χ2v) is 15.4. The number of hydrogen-bond acceptors (Lipinski definition) is 8. The molecular formula is C30H35ClF3N5O3S2. The number of ketones is 1. The number of halogens is 4. The number of carbonyl (C=O) groups excluding carboxylic acids is 1. The van der Waals surface area contributed by atoms with E-state index < -0.39 is 27.8 Å². The van der Waals surface area contributed by atoms with Crippen molar-refractivity contribution in [2.45, 2.75) is 56.0 Å². The molecule has 44 heavy (non-hydrogen) atoms. The zero-order chi connectivity index (χ0) is 31.6. The zero-order valence-corrected chi connectivity index (χ0v) is 26.9. The quantitative estimate of drug-likeness (QED) is 0.261. The Kier molecular flexibility index (Phi) is 10.0. The molecule has 5 rings (SSSR count).